The summed E-state index contributed by atoms with van der Waals surface area (Å²) >= 11 is 3.46. The number of piperidine rings is 1. The van der Waals surface area contributed by atoms with Gasteiger partial charge in [-0.1, -0.05) is 6.08 Å². The Hall–Kier alpha value is -2.35. The minimum atomic E-state index is -0.697. The number of hydrogen-bond donors (Lipinski definition) is 1. The number of imide groups is 1. The van der Waals surface area contributed by atoms with Crippen molar-refractivity contribution >= 4 is 38.8 Å². The molecule has 1 aromatic carbocycles. The fraction of sp³-hybridized carbons (Fsp3) is 0.312. The lowest BCUT2D eigenvalue weighted by Crippen LogP contribution is -2.44. The molecule has 1 N–H and O–H groups in total. The molecule has 0 bridgehead atoms. The molecule has 4 rings (SSSR count). The number of ether oxygens (including phenoxy) is 1. The van der Waals surface area contributed by atoms with E-state index in [1.165, 1.54) is 4.57 Å². The molecule has 0 radical (unpaired) electrons. The summed E-state index contributed by atoms with van der Waals surface area (Å²) in [6.45, 7) is 0.817. The summed E-state index contributed by atoms with van der Waals surface area (Å²) in [5.74, 6) is -0.163. The zero-order valence-electron chi connectivity index (χ0n) is 12.6. The van der Waals surface area contributed by atoms with Gasteiger partial charge in [-0.3, -0.25) is 24.0 Å². The number of amides is 2. The van der Waals surface area contributed by atoms with E-state index in [0.717, 1.165) is 4.47 Å². The summed E-state index contributed by atoms with van der Waals surface area (Å²) in [6.07, 6.45) is 4.24. The SMILES string of the molecule is O=C1CCC(n2c(=O)n3c4c(c(Br)ccc42)OC/C=C\C3)C(=O)N1. The van der Waals surface area contributed by atoms with Gasteiger partial charge in [0.05, 0.1) is 9.99 Å². The van der Waals surface area contributed by atoms with E-state index in [1.54, 1.807) is 16.7 Å². The number of benzene rings is 1. The number of allylic oxidation sites excluding steroid dienone is 1. The number of imidazole rings is 1. The third-order valence-electron chi connectivity index (χ3n) is 4.33. The van der Waals surface area contributed by atoms with E-state index in [-0.39, 0.29) is 18.0 Å². The molecule has 3 heterocycles. The van der Waals surface area contributed by atoms with Gasteiger partial charge in [0.25, 0.3) is 0 Å². The van der Waals surface area contributed by atoms with Crippen molar-refractivity contribution in [3.63, 3.8) is 0 Å². The number of carbonyl (C=O) groups is 2. The first-order chi connectivity index (χ1) is 11.6. The van der Waals surface area contributed by atoms with Crippen molar-refractivity contribution in [2.75, 3.05) is 6.61 Å². The number of carbonyl (C=O) groups excluding carboxylic acids is 2. The number of rotatable bonds is 1. The fourth-order valence-electron chi connectivity index (χ4n) is 3.24. The molecular weight excluding hydrogens is 378 g/mol. The van der Waals surface area contributed by atoms with Crippen LogP contribution >= 0.6 is 15.9 Å². The quantitative estimate of drug-likeness (QED) is 0.589. The van der Waals surface area contributed by atoms with Crippen LogP contribution in [0.25, 0.3) is 11.0 Å². The van der Waals surface area contributed by atoms with Gasteiger partial charge in [0.1, 0.15) is 18.2 Å². The van der Waals surface area contributed by atoms with E-state index in [9.17, 15) is 14.4 Å². The Morgan fingerprint density at radius 1 is 1.21 bits per heavy atom. The Kier molecular flexibility index (Phi) is 3.56. The molecule has 0 aliphatic carbocycles. The van der Waals surface area contributed by atoms with Crippen LogP contribution in [0.2, 0.25) is 0 Å². The van der Waals surface area contributed by atoms with Gasteiger partial charge in [0, 0.05) is 13.0 Å². The van der Waals surface area contributed by atoms with Gasteiger partial charge in [0.2, 0.25) is 11.8 Å². The zero-order valence-corrected chi connectivity index (χ0v) is 14.2. The lowest BCUT2D eigenvalue weighted by molar-refractivity contribution is -0.135. The second-order valence-electron chi connectivity index (χ2n) is 5.76. The second-order valence-corrected chi connectivity index (χ2v) is 6.61. The Bertz CT molecular complexity index is 956. The van der Waals surface area contributed by atoms with Crippen molar-refractivity contribution in [3.05, 3.63) is 39.2 Å². The first kappa shape index (κ1) is 15.2. The number of halogens is 1. The number of nitrogens with one attached hydrogen (secondary N) is 1. The molecule has 124 valence electrons. The number of aromatic nitrogens is 2. The van der Waals surface area contributed by atoms with Gasteiger partial charge in [-0.25, -0.2) is 4.79 Å². The van der Waals surface area contributed by atoms with Gasteiger partial charge >= 0.3 is 5.69 Å². The molecule has 2 aliphatic rings. The maximum atomic E-state index is 13.0. The van der Waals surface area contributed by atoms with Crippen LogP contribution in [0.5, 0.6) is 5.75 Å². The minimum Gasteiger partial charge on any atom is -0.486 e. The smallest absolute Gasteiger partial charge is 0.330 e. The van der Waals surface area contributed by atoms with Crippen molar-refractivity contribution in [2.24, 2.45) is 0 Å². The second kappa shape index (κ2) is 5.62. The molecule has 1 saturated heterocycles. The Morgan fingerprint density at radius 2 is 2.04 bits per heavy atom. The molecule has 2 amide bonds. The zero-order chi connectivity index (χ0) is 16.8. The third-order valence-corrected chi connectivity index (χ3v) is 4.95. The first-order valence-corrected chi connectivity index (χ1v) is 8.42. The van der Waals surface area contributed by atoms with Crippen LogP contribution in [0.1, 0.15) is 18.9 Å². The van der Waals surface area contributed by atoms with Crippen LogP contribution in [-0.2, 0) is 16.1 Å². The maximum Gasteiger partial charge on any atom is 0.330 e. The topological polar surface area (TPSA) is 82.3 Å². The third kappa shape index (κ3) is 2.21. The molecule has 0 spiro atoms. The highest BCUT2D eigenvalue weighted by atomic mass is 79.9. The van der Waals surface area contributed by atoms with Gasteiger partial charge in [-0.2, -0.15) is 0 Å². The van der Waals surface area contributed by atoms with Crippen molar-refractivity contribution in [1.29, 1.82) is 0 Å². The molecule has 1 fully saturated rings. The normalized spacial score (nSPS) is 21.8. The van der Waals surface area contributed by atoms with E-state index >= 15 is 0 Å². The van der Waals surface area contributed by atoms with Gasteiger partial charge in [0.15, 0.2) is 5.75 Å². The van der Waals surface area contributed by atoms with Crippen molar-refractivity contribution in [3.8, 4) is 5.75 Å². The van der Waals surface area contributed by atoms with Crippen molar-refractivity contribution < 1.29 is 14.3 Å². The number of nitrogens with zero attached hydrogens (tertiary/aromatic N) is 2. The van der Waals surface area contributed by atoms with Gasteiger partial charge in [-0.05, 0) is 40.6 Å². The molecule has 24 heavy (non-hydrogen) atoms. The summed E-state index contributed by atoms with van der Waals surface area (Å²) in [4.78, 5) is 36.6. The van der Waals surface area contributed by atoms with E-state index in [2.05, 4.69) is 21.2 Å². The summed E-state index contributed by atoms with van der Waals surface area (Å²) < 4.78 is 9.58. The van der Waals surface area contributed by atoms with Gasteiger partial charge < -0.3 is 4.74 Å². The fourth-order valence-corrected chi connectivity index (χ4v) is 3.67. The van der Waals surface area contributed by atoms with E-state index in [4.69, 9.17) is 4.74 Å². The maximum absolute atomic E-state index is 13.0. The largest absolute Gasteiger partial charge is 0.486 e. The minimum absolute atomic E-state index is 0.218. The van der Waals surface area contributed by atoms with Crippen LogP contribution in [0.4, 0.5) is 0 Å². The summed E-state index contributed by atoms with van der Waals surface area (Å²) in [6, 6.07) is 2.90. The molecular formula is C16H14BrN3O4. The highest BCUT2D eigenvalue weighted by Gasteiger charge is 2.32. The van der Waals surface area contributed by atoms with E-state index in [0.29, 0.717) is 36.4 Å². The lowest BCUT2D eigenvalue weighted by Gasteiger charge is -2.22. The first-order valence-electron chi connectivity index (χ1n) is 7.62. The Labute approximate surface area is 145 Å². The van der Waals surface area contributed by atoms with E-state index < -0.39 is 11.9 Å². The monoisotopic (exact) mass is 391 g/mol. The highest BCUT2D eigenvalue weighted by molar-refractivity contribution is 9.10. The number of hydrogen-bond acceptors (Lipinski definition) is 4. The van der Waals surface area contributed by atoms with Crippen LogP contribution < -0.4 is 15.7 Å². The predicted octanol–water partition coefficient (Wildman–Crippen LogP) is 1.49. The molecule has 1 aromatic heterocycles. The van der Waals surface area contributed by atoms with Crippen LogP contribution in [0, 0.1) is 0 Å². The molecule has 1 atom stereocenters. The summed E-state index contributed by atoms with van der Waals surface area (Å²) in [7, 11) is 0. The standard InChI is InChI=1S/C16H14BrN3O4/c17-9-3-4-10-13-14(9)24-8-2-1-7-19(13)16(23)20(10)11-5-6-12(21)18-15(11)22/h1-4,11H,5-8H2,(H,18,21,22)/b2-1-. The molecule has 0 saturated carbocycles. The van der Waals surface area contributed by atoms with Crippen molar-refractivity contribution in [1.82, 2.24) is 14.5 Å². The molecule has 2 aromatic rings. The van der Waals surface area contributed by atoms with Gasteiger partial charge in [-0.15, -0.1) is 0 Å². The lowest BCUT2D eigenvalue weighted by atomic mass is 10.1. The van der Waals surface area contributed by atoms with Crippen LogP contribution in [-0.4, -0.2) is 27.6 Å². The van der Waals surface area contributed by atoms with E-state index in [1.807, 2.05) is 12.2 Å². The van der Waals surface area contributed by atoms with Crippen molar-refractivity contribution in [2.45, 2.75) is 25.4 Å². The van der Waals surface area contributed by atoms with Crippen LogP contribution in [0.3, 0.4) is 0 Å². The summed E-state index contributed by atoms with van der Waals surface area (Å²) in [5, 5.41) is 2.31. The molecule has 8 heteroatoms. The molecule has 1 unspecified atom stereocenters. The Balaban J connectivity index is 1.99. The molecule has 2 aliphatic heterocycles. The highest BCUT2D eigenvalue weighted by Crippen LogP contribution is 2.35. The average Bonchev–Trinajstić information content (AvgIpc) is 2.78. The summed E-state index contributed by atoms with van der Waals surface area (Å²) in [5.41, 5.74) is 1.00. The Morgan fingerprint density at radius 3 is 2.83 bits per heavy atom. The predicted molar refractivity (Wildman–Crippen MR) is 90.0 cm³/mol. The average molecular weight is 392 g/mol. The van der Waals surface area contributed by atoms with Crippen LogP contribution in [0.15, 0.2) is 33.6 Å². The molecule has 7 nitrogen and oxygen atoms in total.